The van der Waals surface area contributed by atoms with Crippen LogP contribution in [0.1, 0.15) is 377 Å². The van der Waals surface area contributed by atoms with E-state index in [0.29, 0.717) is 62.3 Å². The predicted molar refractivity (Wildman–Crippen MR) is 587 cm³/mol. The standard InChI is InChI=1S/C13H27NO.C13H18O2.C12H17NO2.C12H23NO2.3C11H23NO2.C10H18O2.C9H19NO2.C8H17NO2.C5H12O2/c1-12(2)15-10-6-9-14-8-5-7-13(3,4)11-14;1-11(2)15-13(14)10-6-9-12-7-4-3-5-8-12;1-10(2)15-12(14)8-5-7-11-6-3-4-9-13-11;1-11(2)15-12(14)7-6-10-13-8-4-3-5-9-13;3*1-10(2)14-8-4-7-12-6-3-5-11(13)9-12;1-8(2)12-10(11)5-3-4-9-6-7-9;1-5-6-7-10(4)9(11)12-8(2)3;1-5-6-9(4)8(10)11-7(2)3;1-5(2)7-4-6-3/h12H,5-11H2,1-4H3;3-5,7-8,11H,6,9-10H2,1-2H3;3-4,6,9-10H,5,7-8H2,1-2H3;11H,3-10H2,1-2H3;3*10-11,13H,3-9H2,1-2H3;8-9H,3-7H2,1-2H3;8H,5-7H2,1-4H3;7H,5-6H2,1-4H3;5H,4H2,1-3H3/t;;;;2*11-;;;;;/m....10...../s1. The number of ether oxygens (including phenoxy) is 12. The Morgan fingerprint density at radius 1 is 0.375 bits per heavy atom. The highest BCUT2D eigenvalue weighted by Gasteiger charge is 2.27. The van der Waals surface area contributed by atoms with E-state index >= 15 is 0 Å². The minimum Gasteiger partial charge on any atom is -0.463 e. The Bertz CT molecular complexity index is 3120. The first-order valence-corrected chi connectivity index (χ1v) is 56.0. The van der Waals surface area contributed by atoms with Crippen LogP contribution in [0.5, 0.6) is 0 Å². The molecule has 2 amide bonds. The van der Waals surface area contributed by atoms with Gasteiger partial charge in [0.05, 0.1) is 85.5 Å². The second kappa shape index (κ2) is 93.3. The lowest BCUT2D eigenvalue weighted by Gasteiger charge is -2.38. The number of likely N-dealkylation sites (tertiary alicyclic amines) is 5. The number of nitrogens with zero attached hydrogens (tertiary/aromatic N) is 8. The number of rotatable bonds is 50. The van der Waals surface area contributed by atoms with Gasteiger partial charge in [-0.3, -0.25) is 24.2 Å². The molecule has 1 unspecified atom stereocenters. The Labute approximate surface area is 879 Å². The molecule has 846 valence electrons. The number of aromatic nitrogens is 1. The average Bonchev–Trinajstić information content (AvgIpc) is 1.40. The number of β-amino-alcohol motifs (C(OH)–C–C–N with tert-alkyl or cyclic N) is 3. The highest BCUT2D eigenvalue weighted by molar-refractivity contribution is 5.71. The summed E-state index contributed by atoms with van der Waals surface area (Å²) in [5.74, 6) is 0.617. The number of unbranched alkanes of at least 4 members (excludes halogenated alkanes) is 1. The number of pyridine rings is 1. The molecule has 5 aliphatic heterocycles. The molecule has 0 spiro atoms. The first kappa shape index (κ1) is 142. The number of amides is 2. The SMILES string of the molecule is CC(C)OC(=O)CCCC1CC1.CC(C)OC(=O)CCCN1CCCCC1.CC(C)OC(=O)CCCc1ccccc1.CC(C)OC(=O)CCCc1ccccn1.CC(C)OCCCN1CCCC(C)(C)C1.CC(C)OCCCN1CCCC(O)C1.CC(C)OCCCN1CCC[C@@H](O)C1.CC(C)OCCCN1CCC[C@H](O)C1.CCCCN(C)C(=O)OC(C)C.CCCN(C)C(=O)OC(C)C.COCOC(C)C. The van der Waals surface area contributed by atoms with Crippen LogP contribution in [-0.4, -0.2) is 342 Å². The number of aliphatic hydroxyl groups is 3. The molecule has 1 aromatic heterocycles. The quantitative estimate of drug-likeness (QED) is 0.0240. The molecule has 1 aromatic carbocycles. The van der Waals surface area contributed by atoms with Gasteiger partial charge < -0.3 is 106 Å². The molecular weight excluding hydrogens is 1830 g/mol. The minimum atomic E-state index is -0.234. The van der Waals surface area contributed by atoms with Gasteiger partial charge in [0.15, 0.2) is 0 Å². The fourth-order valence-corrected chi connectivity index (χ4v) is 15.5. The molecule has 8 rings (SSSR count). The molecule has 6 heterocycles. The molecule has 1 aliphatic carbocycles. The lowest BCUT2D eigenvalue weighted by atomic mass is 9.84. The maximum atomic E-state index is 11.3. The fraction of sp³-hybridized carbons (Fsp3) is 0.852. The largest absolute Gasteiger partial charge is 0.463 e. The van der Waals surface area contributed by atoms with Gasteiger partial charge in [-0.05, 0) is 375 Å². The summed E-state index contributed by atoms with van der Waals surface area (Å²) < 4.78 is 61.7. The number of carbonyl (C=O) groups is 6. The predicted octanol–water partition coefficient (Wildman–Crippen LogP) is 21.9. The molecule has 0 bridgehead atoms. The summed E-state index contributed by atoms with van der Waals surface area (Å²) in [6, 6.07) is 16.0. The fourth-order valence-electron chi connectivity index (χ4n) is 15.5. The third kappa shape index (κ3) is 99.5. The van der Waals surface area contributed by atoms with Crippen molar-refractivity contribution in [1.29, 1.82) is 0 Å². The zero-order valence-electron chi connectivity index (χ0n) is 97.1. The average molecular weight is 2050 g/mol. The first-order chi connectivity index (χ1) is 68.2. The van der Waals surface area contributed by atoms with Gasteiger partial charge in [0.25, 0.3) is 0 Å². The molecule has 29 heteroatoms. The van der Waals surface area contributed by atoms with Crippen LogP contribution in [0.25, 0.3) is 0 Å². The normalized spacial score (nSPS) is 17.0. The smallest absolute Gasteiger partial charge is 0.409 e. The van der Waals surface area contributed by atoms with E-state index in [0.717, 1.165) is 232 Å². The molecule has 1 saturated carbocycles. The number of benzene rings is 1. The first-order valence-electron chi connectivity index (χ1n) is 56.0. The number of esters is 4. The Morgan fingerprint density at radius 3 is 1.07 bits per heavy atom. The van der Waals surface area contributed by atoms with Gasteiger partial charge in [0.1, 0.15) is 6.79 Å². The van der Waals surface area contributed by atoms with Crippen LogP contribution < -0.4 is 0 Å². The second-order valence-corrected chi connectivity index (χ2v) is 42.6. The van der Waals surface area contributed by atoms with Crippen molar-refractivity contribution in [2.45, 2.75) is 465 Å². The summed E-state index contributed by atoms with van der Waals surface area (Å²) >= 11 is 0. The Kier molecular flexibility index (Phi) is 92.2. The number of piperidine rings is 5. The molecule has 6 fully saturated rings. The van der Waals surface area contributed by atoms with Gasteiger partial charge >= 0.3 is 36.1 Å². The van der Waals surface area contributed by atoms with Gasteiger partial charge in [-0.25, -0.2) is 9.59 Å². The highest BCUT2D eigenvalue weighted by Crippen LogP contribution is 2.34. The topological polar surface area (TPSA) is 309 Å². The summed E-state index contributed by atoms with van der Waals surface area (Å²) in [4.78, 5) is 86.3. The van der Waals surface area contributed by atoms with Crippen molar-refractivity contribution < 1.29 is 101 Å². The molecule has 2 aromatic rings. The van der Waals surface area contributed by atoms with Crippen LogP contribution in [0, 0.1) is 11.3 Å². The van der Waals surface area contributed by atoms with Crippen LogP contribution in [0.2, 0.25) is 0 Å². The summed E-state index contributed by atoms with van der Waals surface area (Å²) in [6.45, 7) is 73.5. The molecule has 0 radical (unpaired) electrons. The van der Waals surface area contributed by atoms with Crippen molar-refractivity contribution in [3.63, 3.8) is 0 Å². The lowest BCUT2D eigenvalue weighted by Crippen LogP contribution is -2.40. The molecule has 3 atom stereocenters. The number of carbonyl (C=O) groups excluding carboxylic acids is 6. The number of aliphatic hydroxyl groups excluding tert-OH is 3. The highest BCUT2D eigenvalue weighted by atomic mass is 16.7. The molecular formula is C115H220N8O21. The Balaban J connectivity index is -0.00000152. The maximum Gasteiger partial charge on any atom is 0.409 e. The van der Waals surface area contributed by atoms with Crippen LogP contribution >= 0.6 is 0 Å². The monoisotopic (exact) mass is 2050 g/mol. The van der Waals surface area contributed by atoms with Gasteiger partial charge in [0, 0.05) is 151 Å². The van der Waals surface area contributed by atoms with Gasteiger partial charge in [-0.2, -0.15) is 0 Å². The van der Waals surface area contributed by atoms with Gasteiger partial charge in [-0.15, -0.1) is 0 Å². The van der Waals surface area contributed by atoms with Crippen LogP contribution in [0.4, 0.5) is 9.59 Å². The van der Waals surface area contributed by atoms with Crippen molar-refractivity contribution in [3.8, 4) is 0 Å². The molecule has 3 N–H and O–H groups in total. The van der Waals surface area contributed by atoms with Crippen molar-refractivity contribution in [3.05, 3.63) is 66.0 Å². The van der Waals surface area contributed by atoms with Crippen LogP contribution in [-0.2, 0) is 88.9 Å². The molecule has 144 heavy (non-hydrogen) atoms. The molecule has 6 aliphatic rings. The Morgan fingerprint density at radius 2 is 0.729 bits per heavy atom. The molecule has 29 nitrogen and oxygen atoms in total. The van der Waals surface area contributed by atoms with Crippen LogP contribution in [0.15, 0.2) is 54.7 Å². The minimum absolute atomic E-state index is 0.00535. The Hall–Kier alpha value is -5.77. The summed E-state index contributed by atoms with van der Waals surface area (Å²) in [5.41, 5.74) is 2.82. The van der Waals surface area contributed by atoms with Gasteiger partial charge in [0.2, 0.25) is 0 Å². The van der Waals surface area contributed by atoms with Crippen molar-refractivity contribution >= 4 is 36.1 Å². The summed E-state index contributed by atoms with van der Waals surface area (Å²) in [5, 5.41) is 28.4. The summed E-state index contributed by atoms with van der Waals surface area (Å²) in [6.07, 6.45) is 34.6. The van der Waals surface area contributed by atoms with Crippen LogP contribution in [0.3, 0.4) is 0 Å². The van der Waals surface area contributed by atoms with E-state index in [4.69, 9.17) is 52.1 Å². The van der Waals surface area contributed by atoms with E-state index in [2.05, 4.69) is 123 Å². The van der Waals surface area contributed by atoms with E-state index in [9.17, 15) is 44.1 Å². The van der Waals surface area contributed by atoms with Crippen molar-refractivity contribution in [1.82, 2.24) is 39.3 Å². The summed E-state index contributed by atoms with van der Waals surface area (Å²) in [7, 11) is 5.12. The zero-order valence-corrected chi connectivity index (χ0v) is 97.1. The van der Waals surface area contributed by atoms with E-state index < -0.39 is 0 Å². The van der Waals surface area contributed by atoms with E-state index in [1.165, 1.54) is 96.1 Å². The second-order valence-electron chi connectivity index (χ2n) is 42.6. The zero-order chi connectivity index (χ0) is 109. The van der Waals surface area contributed by atoms with E-state index in [-0.39, 0.29) is 97.1 Å². The number of hydrogen-bond acceptors (Lipinski definition) is 27. The van der Waals surface area contributed by atoms with E-state index in [1.807, 2.05) is 140 Å². The van der Waals surface area contributed by atoms with E-state index in [1.54, 1.807) is 37.2 Å². The third-order valence-electron chi connectivity index (χ3n) is 22.6. The third-order valence-corrected chi connectivity index (χ3v) is 22.6. The lowest BCUT2D eigenvalue weighted by molar-refractivity contribution is -0.148. The maximum absolute atomic E-state index is 11.3. The van der Waals surface area contributed by atoms with Gasteiger partial charge in [-0.1, -0.05) is 89.8 Å². The number of aryl methyl sites for hydroxylation is 2. The number of hydrogen-bond donors (Lipinski definition) is 3. The molecule has 5 saturated heterocycles. The van der Waals surface area contributed by atoms with Crippen molar-refractivity contribution in [2.24, 2.45) is 11.3 Å². The van der Waals surface area contributed by atoms with Crippen molar-refractivity contribution in [2.75, 3.05) is 166 Å². The number of methoxy groups -OCH3 is 1.